The van der Waals surface area contributed by atoms with Crippen LogP contribution in [0, 0.1) is 0 Å². The number of nitrogens with zero attached hydrogens (tertiary/aromatic N) is 3. The lowest BCUT2D eigenvalue weighted by Gasteiger charge is -2.17. The van der Waals surface area contributed by atoms with Gasteiger partial charge in [0.2, 0.25) is 0 Å². The van der Waals surface area contributed by atoms with Gasteiger partial charge >= 0.3 is 5.69 Å². The Hall–Kier alpha value is -2.83. The standard InChI is InChI=1S/C17H20N4O3/c1-19-11-14(16(23)20(2)17(19)24)15(22)18-12-5-7-13(8-6-12)21-9-3-4-10-21/h5-8,11H,3-4,9-10H2,1-2H3,(H,18,22). The average molecular weight is 328 g/mol. The maximum Gasteiger partial charge on any atom is 0.330 e. The Morgan fingerprint density at radius 3 is 2.29 bits per heavy atom. The van der Waals surface area contributed by atoms with Gasteiger partial charge in [0.25, 0.3) is 11.5 Å². The molecule has 3 rings (SSSR count). The predicted molar refractivity (Wildman–Crippen MR) is 92.8 cm³/mol. The lowest BCUT2D eigenvalue weighted by Crippen LogP contribution is -2.40. The first kappa shape index (κ1) is 16.0. The first-order chi connectivity index (χ1) is 11.5. The van der Waals surface area contributed by atoms with Crippen molar-refractivity contribution in [2.45, 2.75) is 12.8 Å². The number of carbonyl (C=O) groups excluding carboxylic acids is 1. The maximum absolute atomic E-state index is 12.3. The fraction of sp³-hybridized carbons (Fsp3) is 0.353. The van der Waals surface area contributed by atoms with Crippen LogP contribution in [0.15, 0.2) is 40.1 Å². The third-order valence-electron chi connectivity index (χ3n) is 4.29. The molecule has 0 saturated carbocycles. The minimum Gasteiger partial charge on any atom is -0.372 e. The number of aryl methyl sites for hydroxylation is 1. The lowest BCUT2D eigenvalue weighted by molar-refractivity contribution is 0.102. The van der Waals surface area contributed by atoms with Gasteiger partial charge in [0.15, 0.2) is 0 Å². The van der Waals surface area contributed by atoms with Crippen LogP contribution < -0.4 is 21.5 Å². The zero-order chi connectivity index (χ0) is 17.3. The Morgan fingerprint density at radius 2 is 1.67 bits per heavy atom. The summed E-state index contributed by atoms with van der Waals surface area (Å²) in [5, 5.41) is 2.70. The number of hydrogen-bond donors (Lipinski definition) is 1. The van der Waals surface area contributed by atoms with E-state index in [0.29, 0.717) is 5.69 Å². The van der Waals surface area contributed by atoms with E-state index in [0.717, 1.165) is 23.3 Å². The highest BCUT2D eigenvalue weighted by Crippen LogP contribution is 2.22. The van der Waals surface area contributed by atoms with Gasteiger partial charge < -0.3 is 14.8 Å². The number of carbonyl (C=O) groups is 1. The van der Waals surface area contributed by atoms with Crippen molar-refractivity contribution in [2.24, 2.45) is 14.1 Å². The van der Waals surface area contributed by atoms with Crippen LogP contribution in [0.1, 0.15) is 23.2 Å². The number of anilines is 2. The molecule has 0 spiro atoms. The SMILES string of the molecule is Cn1cc(C(=O)Nc2ccc(N3CCCC3)cc2)c(=O)n(C)c1=O. The molecule has 2 aromatic rings. The Labute approximate surface area is 139 Å². The Morgan fingerprint density at radius 1 is 1.04 bits per heavy atom. The molecule has 126 valence electrons. The summed E-state index contributed by atoms with van der Waals surface area (Å²) in [4.78, 5) is 38.4. The van der Waals surface area contributed by atoms with E-state index in [1.807, 2.05) is 24.3 Å². The molecule has 2 heterocycles. The van der Waals surface area contributed by atoms with Crippen LogP contribution >= 0.6 is 0 Å². The largest absolute Gasteiger partial charge is 0.372 e. The van der Waals surface area contributed by atoms with E-state index >= 15 is 0 Å². The van der Waals surface area contributed by atoms with Crippen LogP contribution in [-0.2, 0) is 14.1 Å². The average Bonchev–Trinajstić information content (AvgIpc) is 3.11. The van der Waals surface area contributed by atoms with Crippen molar-refractivity contribution in [1.82, 2.24) is 9.13 Å². The molecule has 1 aromatic heterocycles. The molecule has 1 N–H and O–H groups in total. The normalized spacial score (nSPS) is 14.0. The molecule has 1 aromatic carbocycles. The van der Waals surface area contributed by atoms with Crippen molar-refractivity contribution in [3.63, 3.8) is 0 Å². The van der Waals surface area contributed by atoms with E-state index in [2.05, 4.69) is 10.2 Å². The molecule has 1 aliphatic rings. The van der Waals surface area contributed by atoms with E-state index in [1.54, 1.807) is 0 Å². The van der Waals surface area contributed by atoms with Gasteiger partial charge in [-0.25, -0.2) is 4.79 Å². The topological polar surface area (TPSA) is 76.3 Å². The molecule has 1 aliphatic heterocycles. The molecule has 24 heavy (non-hydrogen) atoms. The summed E-state index contributed by atoms with van der Waals surface area (Å²) in [5.74, 6) is -0.528. The van der Waals surface area contributed by atoms with Gasteiger partial charge in [-0.1, -0.05) is 0 Å². The van der Waals surface area contributed by atoms with Crippen LogP contribution in [0.5, 0.6) is 0 Å². The summed E-state index contributed by atoms with van der Waals surface area (Å²) in [7, 11) is 2.86. The number of hydrogen-bond acceptors (Lipinski definition) is 4. The molecule has 0 atom stereocenters. The van der Waals surface area contributed by atoms with Gasteiger partial charge in [-0.15, -0.1) is 0 Å². The molecular weight excluding hydrogens is 308 g/mol. The first-order valence-electron chi connectivity index (χ1n) is 7.90. The molecule has 7 nitrogen and oxygen atoms in total. The molecule has 7 heteroatoms. The monoisotopic (exact) mass is 328 g/mol. The number of benzene rings is 1. The van der Waals surface area contributed by atoms with Gasteiger partial charge in [-0.05, 0) is 37.1 Å². The smallest absolute Gasteiger partial charge is 0.330 e. The molecule has 0 bridgehead atoms. The lowest BCUT2D eigenvalue weighted by atomic mass is 10.2. The number of nitrogens with one attached hydrogen (secondary N) is 1. The van der Waals surface area contributed by atoms with E-state index in [9.17, 15) is 14.4 Å². The van der Waals surface area contributed by atoms with Crippen LogP contribution in [0.4, 0.5) is 11.4 Å². The predicted octanol–water partition coefficient (Wildman–Crippen LogP) is 0.937. The van der Waals surface area contributed by atoms with E-state index < -0.39 is 17.2 Å². The third kappa shape index (κ3) is 2.97. The highest BCUT2D eigenvalue weighted by Gasteiger charge is 2.16. The van der Waals surface area contributed by atoms with E-state index in [-0.39, 0.29) is 5.56 Å². The van der Waals surface area contributed by atoms with Crippen molar-refractivity contribution in [2.75, 3.05) is 23.3 Å². The van der Waals surface area contributed by atoms with Crippen LogP contribution in [0.25, 0.3) is 0 Å². The number of aromatic nitrogens is 2. The summed E-state index contributed by atoms with van der Waals surface area (Å²) in [6.07, 6.45) is 3.67. The van der Waals surface area contributed by atoms with Crippen LogP contribution in [-0.4, -0.2) is 28.1 Å². The third-order valence-corrected chi connectivity index (χ3v) is 4.29. The van der Waals surface area contributed by atoms with Crippen molar-refractivity contribution >= 4 is 17.3 Å². The molecule has 0 unspecified atom stereocenters. The molecule has 0 radical (unpaired) electrons. The second kappa shape index (κ2) is 6.35. The summed E-state index contributed by atoms with van der Waals surface area (Å²) in [5.41, 5.74) is 0.599. The number of rotatable bonds is 3. The van der Waals surface area contributed by atoms with Crippen LogP contribution in [0.3, 0.4) is 0 Å². The highest BCUT2D eigenvalue weighted by molar-refractivity contribution is 6.03. The van der Waals surface area contributed by atoms with Crippen LogP contribution in [0.2, 0.25) is 0 Å². The summed E-state index contributed by atoms with van der Waals surface area (Å²) >= 11 is 0. The summed E-state index contributed by atoms with van der Waals surface area (Å²) in [6.45, 7) is 2.11. The summed E-state index contributed by atoms with van der Waals surface area (Å²) < 4.78 is 2.14. The quantitative estimate of drug-likeness (QED) is 0.910. The van der Waals surface area contributed by atoms with Gasteiger partial charge in [0.05, 0.1) is 0 Å². The van der Waals surface area contributed by atoms with E-state index in [1.165, 1.54) is 37.7 Å². The minimum absolute atomic E-state index is 0.0665. The molecule has 1 fully saturated rings. The maximum atomic E-state index is 12.3. The Bertz CT molecular complexity index is 874. The van der Waals surface area contributed by atoms with Gasteiger partial charge in [-0.2, -0.15) is 0 Å². The van der Waals surface area contributed by atoms with Crippen molar-refractivity contribution in [3.05, 3.63) is 56.9 Å². The molecule has 1 amide bonds. The fourth-order valence-corrected chi connectivity index (χ4v) is 2.89. The van der Waals surface area contributed by atoms with Crippen molar-refractivity contribution in [1.29, 1.82) is 0 Å². The molecular formula is C17H20N4O3. The summed E-state index contributed by atoms with van der Waals surface area (Å²) in [6, 6.07) is 7.55. The Balaban J connectivity index is 1.80. The molecule has 1 saturated heterocycles. The second-order valence-corrected chi connectivity index (χ2v) is 6.00. The second-order valence-electron chi connectivity index (χ2n) is 6.00. The van der Waals surface area contributed by atoms with E-state index in [4.69, 9.17) is 0 Å². The van der Waals surface area contributed by atoms with Gasteiger partial charge in [-0.3, -0.25) is 14.2 Å². The minimum atomic E-state index is -0.607. The van der Waals surface area contributed by atoms with Crippen molar-refractivity contribution in [3.8, 4) is 0 Å². The van der Waals surface area contributed by atoms with Gasteiger partial charge in [0.1, 0.15) is 5.56 Å². The number of amides is 1. The first-order valence-corrected chi connectivity index (χ1v) is 7.90. The van der Waals surface area contributed by atoms with Crippen molar-refractivity contribution < 1.29 is 4.79 Å². The van der Waals surface area contributed by atoms with Gasteiger partial charge in [0, 0.05) is 44.8 Å². The fourth-order valence-electron chi connectivity index (χ4n) is 2.89. The Kier molecular flexibility index (Phi) is 4.24. The zero-order valence-electron chi connectivity index (χ0n) is 13.8. The highest BCUT2D eigenvalue weighted by atomic mass is 16.2. The zero-order valence-corrected chi connectivity index (χ0v) is 13.8. The molecule has 0 aliphatic carbocycles.